The molecule has 27 heavy (non-hydrogen) atoms. The fourth-order valence-electron chi connectivity index (χ4n) is 4.08. The number of hydrogen-bond donors (Lipinski definition) is 1. The maximum absolute atomic E-state index is 12.9. The van der Waals surface area contributed by atoms with E-state index < -0.39 is 0 Å². The Morgan fingerprint density at radius 1 is 1.22 bits per heavy atom. The number of carbonyl (C=O) groups excluding carboxylic acids is 2. The molecule has 1 aliphatic carbocycles. The zero-order valence-electron chi connectivity index (χ0n) is 15.4. The molecule has 4 nitrogen and oxygen atoms in total. The molecule has 140 valence electrons. The third kappa shape index (κ3) is 3.59. The third-order valence-corrected chi connectivity index (χ3v) is 6.06. The average molecular weight is 383 g/mol. The molecule has 2 aromatic carbocycles. The Bertz CT molecular complexity index is 896. The molecule has 2 aromatic rings. The third-order valence-electron chi connectivity index (χ3n) is 5.65. The van der Waals surface area contributed by atoms with Gasteiger partial charge in [0.2, 0.25) is 11.8 Å². The van der Waals surface area contributed by atoms with Crippen LogP contribution in [0, 0.1) is 12.8 Å². The average Bonchev–Trinajstić information content (AvgIpc) is 3.06. The summed E-state index contributed by atoms with van der Waals surface area (Å²) >= 11 is 6.20. The molecule has 0 radical (unpaired) electrons. The Kier molecular flexibility index (Phi) is 4.92. The number of rotatable bonds is 3. The van der Waals surface area contributed by atoms with Gasteiger partial charge in [-0.05, 0) is 55.0 Å². The lowest BCUT2D eigenvalue weighted by atomic mass is 9.87. The summed E-state index contributed by atoms with van der Waals surface area (Å²) in [5.41, 5.74) is 4.25. The highest BCUT2D eigenvalue weighted by Gasteiger charge is 2.36. The van der Waals surface area contributed by atoms with Crippen molar-refractivity contribution in [3.8, 4) is 0 Å². The summed E-state index contributed by atoms with van der Waals surface area (Å²) in [4.78, 5) is 27.0. The van der Waals surface area contributed by atoms with E-state index in [9.17, 15) is 9.59 Å². The number of carbonyl (C=O) groups is 2. The molecule has 1 N–H and O–H groups in total. The van der Waals surface area contributed by atoms with E-state index in [4.69, 9.17) is 11.6 Å². The van der Waals surface area contributed by atoms with Crippen molar-refractivity contribution in [1.29, 1.82) is 0 Å². The molecular weight excluding hydrogens is 360 g/mol. The number of hydrogen-bond acceptors (Lipinski definition) is 2. The number of benzene rings is 2. The maximum atomic E-state index is 12.9. The normalized spacial score (nSPS) is 21.9. The van der Waals surface area contributed by atoms with Gasteiger partial charge in [-0.1, -0.05) is 41.9 Å². The molecule has 1 heterocycles. The van der Waals surface area contributed by atoms with Gasteiger partial charge in [0.1, 0.15) is 0 Å². The fourth-order valence-corrected chi connectivity index (χ4v) is 4.25. The zero-order valence-corrected chi connectivity index (χ0v) is 16.1. The van der Waals surface area contributed by atoms with Crippen molar-refractivity contribution in [2.45, 2.75) is 38.6 Å². The summed E-state index contributed by atoms with van der Waals surface area (Å²) < 4.78 is 0. The van der Waals surface area contributed by atoms with E-state index in [0.29, 0.717) is 11.6 Å². The lowest BCUT2D eigenvalue weighted by Crippen LogP contribution is -2.36. The van der Waals surface area contributed by atoms with Crippen molar-refractivity contribution in [3.05, 3.63) is 64.2 Å². The van der Waals surface area contributed by atoms with Crippen LogP contribution >= 0.6 is 11.6 Å². The molecule has 1 fully saturated rings. The van der Waals surface area contributed by atoms with Crippen LogP contribution in [0.2, 0.25) is 5.02 Å². The Hall–Kier alpha value is -2.33. The summed E-state index contributed by atoms with van der Waals surface area (Å²) in [7, 11) is 0. The predicted octanol–water partition coefficient (Wildman–Crippen LogP) is 4.20. The first-order valence-electron chi connectivity index (χ1n) is 9.47. The topological polar surface area (TPSA) is 49.4 Å². The van der Waals surface area contributed by atoms with Crippen molar-refractivity contribution in [2.75, 3.05) is 11.4 Å². The van der Waals surface area contributed by atoms with Gasteiger partial charge in [0.15, 0.2) is 0 Å². The van der Waals surface area contributed by atoms with Gasteiger partial charge in [-0.25, -0.2) is 0 Å². The second kappa shape index (κ2) is 7.35. The van der Waals surface area contributed by atoms with Crippen LogP contribution in [-0.4, -0.2) is 18.4 Å². The van der Waals surface area contributed by atoms with Gasteiger partial charge in [0.25, 0.3) is 0 Å². The number of halogens is 1. The molecule has 0 aromatic heterocycles. The van der Waals surface area contributed by atoms with Gasteiger partial charge >= 0.3 is 0 Å². The molecule has 2 aliphatic rings. The van der Waals surface area contributed by atoms with E-state index in [1.165, 1.54) is 11.1 Å². The Morgan fingerprint density at radius 2 is 2.04 bits per heavy atom. The minimum Gasteiger partial charge on any atom is -0.349 e. The SMILES string of the molecule is Cc1ccc(N2C[C@H](C(=O)N[C@@H]3CCCc4ccccc43)CC2=O)cc1Cl. The van der Waals surface area contributed by atoms with Crippen molar-refractivity contribution in [1.82, 2.24) is 5.32 Å². The van der Waals surface area contributed by atoms with Gasteiger partial charge < -0.3 is 10.2 Å². The van der Waals surface area contributed by atoms with Crippen molar-refractivity contribution >= 4 is 29.1 Å². The van der Waals surface area contributed by atoms with Gasteiger partial charge in [-0.15, -0.1) is 0 Å². The van der Waals surface area contributed by atoms with E-state index in [0.717, 1.165) is 30.5 Å². The summed E-state index contributed by atoms with van der Waals surface area (Å²) in [6.45, 7) is 2.33. The highest BCUT2D eigenvalue weighted by atomic mass is 35.5. The van der Waals surface area contributed by atoms with E-state index in [-0.39, 0.29) is 30.2 Å². The number of nitrogens with zero attached hydrogens (tertiary/aromatic N) is 1. The Balaban J connectivity index is 1.46. The Labute approximate surface area is 164 Å². The highest BCUT2D eigenvalue weighted by Crippen LogP contribution is 2.32. The lowest BCUT2D eigenvalue weighted by Gasteiger charge is -2.27. The smallest absolute Gasteiger partial charge is 0.227 e. The fraction of sp³-hybridized carbons (Fsp3) is 0.364. The van der Waals surface area contributed by atoms with Gasteiger partial charge in [0, 0.05) is 23.7 Å². The van der Waals surface area contributed by atoms with Crippen LogP contribution in [-0.2, 0) is 16.0 Å². The first kappa shape index (κ1) is 18.1. The van der Waals surface area contributed by atoms with E-state index in [1.807, 2.05) is 31.2 Å². The van der Waals surface area contributed by atoms with Gasteiger partial charge in [0.05, 0.1) is 12.0 Å². The molecule has 1 saturated heterocycles. The molecule has 2 atom stereocenters. The monoisotopic (exact) mass is 382 g/mol. The second-order valence-electron chi connectivity index (χ2n) is 7.49. The van der Waals surface area contributed by atoms with Gasteiger partial charge in [-0.3, -0.25) is 9.59 Å². The quantitative estimate of drug-likeness (QED) is 0.865. The summed E-state index contributed by atoms with van der Waals surface area (Å²) in [6.07, 6.45) is 3.32. The van der Waals surface area contributed by atoms with Crippen molar-refractivity contribution in [3.63, 3.8) is 0 Å². The highest BCUT2D eigenvalue weighted by molar-refractivity contribution is 6.31. The van der Waals surface area contributed by atoms with E-state index in [2.05, 4.69) is 17.4 Å². The molecule has 0 spiro atoms. The Morgan fingerprint density at radius 3 is 2.85 bits per heavy atom. The van der Waals surface area contributed by atoms with E-state index >= 15 is 0 Å². The molecule has 1 aliphatic heterocycles. The van der Waals surface area contributed by atoms with Crippen molar-refractivity contribution in [2.24, 2.45) is 5.92 Å². The molecule has 0 bridgehead atoms. The van der Waals surface area contributed by atoms with Crippen LogP contribution < -0.4 is 10.2 Å². The maximum Gasteiger partial charge on any atom is 0.227 e. The first-order valence-corrected chi connectivity index (χ1v) is 9.85. The first-order chi connectivity index (χ1) is 13.0. The van der Waals surface area contributed by atoms with Crippen LogP contribution in [0.15, 0.2) is 42.5 Å². The second-order valence-corrected chi connectivity index (χ2v) is 7.90. The standard InChI is InChI=1S/C22H23ClN2O2/c1-14-9-10-17(12-19(14)23)25-13-16(11-21(25)26)22(27)24-20-8-4-6-15-5-2-3-7-18(15)20/h2-3,5,7,9-10,12,16,20H,4,6,8,11,13H2,1H3,(H,24,27)/t16-,20-/m1/s1. The van der Waals surface area contributed by atoms with Crippen LogP contribution in [0.4, 0.5) is 5.69 Å². The van der Waals surface area contributed by atoms with Crippen LogP contribution in [0.25, 0.3) is 0 Å². The number of anilines is 1. The van der Waals surface area contributed by atoms with E-state index in [1.54, 1.807) is 11.0 Å². The van der Waals surface area contributed by atoms with Gasteiger partial charge in [-0.2, -0.15) is 0 Å². The zero-order chi connectivity index (χ0) is 19.0. The molecule has 5 heteroatoms. The van der Waals surface area contributed by atoms with Crippen LogP contribution in [0.1, 0.15) is 42.0 Å². The molecule has 4 rings (SSSR count). The number of aryl methyl sites for hydroxylation is 2. The number of fused-ring (bicyclic) bond motifs is 1. The summed E-state index contributed by atoms with van der Waals surface area (Å²) in [5, 5.41) is 3.82. The predicted molar refractivity (Wildman–Crippen MR) is 107 cm³/mol. The molecular formula is C22H23ClN2O2. The lowest BCUT2D eigenvalue weighted by molar-refractivity contribution is -0.127. The number of amides is 2. The molecule has 2 amide bonds. The minimum atomic E-state index is -0.327. The molecule has 0 unspecified atom stereocenters. The summed E-state index contributed by atoms with van der Waals surface area (Å²) in [6, 6.07) is 13.9. The van der Waals surface area contributed by atoms with Crippen molar-refractivity contribution < 1.29 is 9.59 Å². The van der Waals surface area contributed by atoms with Crippen LogP contribution in [0.5, 0.6) is 0 Å². The summed E-state index contributed by atoms with van der Waals surface area (Å²) in [5.74, 6) is -0.392. The minimum absolute atomic E-state index is 0.0286. The number of nitrogens with one attached hydrogen (secondary N) is 1. The largest absolute Gasteiger partial charge is 0.349 e. The van der Waals surface area contributed by atoms with Crippen LogP contribution in [0.3, 0.4) is 0 Å². The molecule has 0 saturated carbocycles.